The monoisotopic (exact) mass is 808 g/mol. The molecule has 2 unspecified atom stereocenters. The summed E-state index contributed by atoms with van der Waals surface area (Å²) >= 11 is 0. The minimum atomic E-state index is -7.88. The minimum absolute atomic E-state index is 0. The fraction of sp³-hybridized carbons (Fsp3) is 1.00. The van der Waals surface area contributed by atoms with Gasteiger partial charge in [0.2, 0.25) is 0 Å². The summed E-state index contributed by atoms with van der Waals surface area (Å²) in [5, 5.41) is -14.9. The van der Waals surface area contributed by atoms with Crippen LogP contribution in [0.1, 0.15) is 0 Å². The Balaban J connectivity index is -0.000000367. The first-order chi connectivity index (χ1) is 18.3. The third-order valence-corrected chi connectivity index (χ3v) is 5.97. The third kappa shape index (κ3) is 8.89. The summed E-state index contributed by atoms with van der Waals surface area (Å²) < 4.78 is 354. The first kappa shape index (κ1) is 52.9. The van der Waals surface area contributed by atoms with Crippen LogP contribution in [0.3, 0.4) is 0 Å². The van der Waals surface area contributed by atoms with Crippen molar-refractivity contribution in [2.75, 3.05) is 0 Å². The summed E-state index contributed by atoms with van der Waals surface area (Å²) in [7, 11) is -15.4. The van der Waals surface area contributed by atoms with Gasteiger partial charge in [-0.05, 0) is 0 Å². The Morgan fingerprint density at radius 2 is 0.522 bits per heavy atom. The molecule has 268 valence electrons. The van der Waals surface area contributed by atoms with E-state index in [1.807, 2.05) is 0 Å². The Kier molecular flexibility index (Phi) is 16.6. The molecule has 0 saturated carbocycles. The van der Waals surface area contributed by atoms with Gasteiger partial charge in [-0.25, -0.2) is 25.6 Å². The van der Waals surface area contributed by atoms with Crippen molar-refractivity contribution >= 4 is 20.2 Å². The summed E-state index contributed by atoms with van der Waals surface area (Å²) in [5.41, 5.74) is 0. The molecule has 0 N–H and O–H groups in total. The zero-order chi connectivity index (χ0) is 37.2. The van der Waals surface area contributed by atoms with Gasteiger partial charge in [-0.1, -0.05) is 0 Å². The maximum atomic E-state index is 12.7. The van der Waals surface area contributed by atoms with Gasteiger partial charge in [0.1, 0.15) is 0 Å². The predicted octanol–water partition coefficient (Wildman–Crippen LogP) is -0.131. The van der Waals surface area contributed by atoms with E-state index in [1.165, 1.54) is 0 Å². The maximum absolute atomic E-state index is 12.7. The molecule has 0 aromatic carbocycles. The molecule has 46 heavy (non-hydrogen) atoms. The van der Waals surface area contributed by atoms with Gasteiger partial charge in [-0.3, -0.25) is 0 Å². The van der Waals surface area contributed by atoms with Crippen molar-refractivity contribution in [3.05, 3.63) is 0 Å². The molecule has 0 aromatic rings. The van der Waals surface area contributed by atoms with Gasteiger partial charge in [0.25, 0.3) is 12.3 Å². The Labute approximate surface area is 280 Å². The quantitative estimate of drug-likeness (QED) is 0.173. The third-order valence-electron chi connectivity index (χ3n) is 4.20. The van der Waals surface area contributed by atoms with Crippen LogP contribution in [-0.4, -0.2) is 96.7 Å². The van der Waals surface area contributed by atoms with E-state index in [-0.39, 0.29) is 59.1 Å². The zero-order valence-electron chi connectivity index (χ0n) is 20.5. The summed E-state index contributed by atoms with van der Waals surface area (Å²) in [5.74, 6) is -46.5. The van der Waals surface area contributed by atoms with E-state index in [9.17, 15) is 131 Å². The first-order valence-corrected chi connectivity index (χ1v) is 11.5. The molecule has 0 aliphatic carbocycles. The summed E-state index contributed by atoms with van der Waals surface area (Å²) in [6.07, 6.45) is -25.9. The zero-order valence-corrected chi connectivity index (χ0v) is 26.1. The van der Waals surface area contributed by atoms with Crippen molar-refractivity contribution in [2.24, 2.45) is 0 Å². The van der Waals surface area contributed by atoms with E-state index >= 15 is 0 Å². The van der Waals surface area contributed by atoms with Crippen molar-refractivity contribution in [3.63, 3.8) is 0 Å². The van der Waals surface area contributed by atoms with Gasteiger partial charge in [0, 0.05) is 0 Å². The van der Waals surface area contributed by atoms with E-state index in [1.54, 1.807) is 0 Å². The van der Waals surface area contributed by atoms with Crippen LogP contribution in [0.25, 0.3) is 0 Å². The van der Waals surface area contributed by atoms with Crippen LogP contribution >= 0.6 is 0 Å². The van der Waals surface area contributed by atoms with Crippen molar-refractivity contribution in [3.8, 4) is 0 Å². The molecule has 6 nitrogen and oxygen atoms in total. The number of halogens is 24. The second-order valence-electron chi connectivity index (χ2n) is 7.29. The van der Waals surface area contributed by atoms with Crippen LogP contribution in [0.2, 0.25) is 0 Å². The predicted molar refractivity (Wildman–Crippen MR) is 80.9 cm³/mol. The summed E-state index contributed by atoms with van der Waals surface area (Å²) in [6, 6.07) is 0. The molecule has 0 fully saturated rings. The molecule has 2 atom stereocenters. The van der Waals surface area contributed by atoms with Crippen LogP contribution in [0.15, 0.2) is 0 Å². The van der Waals surface area contributed by atoms with Crippen molar-refractivity contribution in [1.29, 1.82) is 0 Å². The molecular weight excluding hydrogens is 806 g/mol. The Bertz CT molecular complexity index is 1150. The number of alkyl halides is 24. The van der Waals surface area contributed by atoms with Gasteiger partial charge in [-0.15, -0.1) is 0 Å². The topological polar surface area (TPSA) is 114 Å². The molecule has 0 aliphatic heterocycles. The van der Waals surface area contributed by atoms with Gasteiger partial charge in [0.05, 0.1) is 0 Å². The fourth-order valence-electron chi connectivity index (χ4n) is 1.83. The van der Waals surface area contributed by atoms with Gasteiger partial charge in [-0.2, -0.15) is 96.6 Å². The minimum Gasteiger partial charge on any atom is -0.743 e. The molecule has 0 amide bonds. The second-order valence-corrected chi connectivity index (χ2v) is 10.1. The van der Waals surface area contributed by atoms with Crippen molar-refractivity contribution < 1.29 is 190 Å². The van der Waals surface area contributed by atoms with Crippen LogP contribution in [-0.2, 0) is 20.2 Å². The van der Waals surface area contributed by atoms with Gasteiger partial charge >= 0.3 is 118 Å². The maximum Gasteiger partial charge on any atom is 1.00 e. The fourth-order valence-corrected chi connectivity index (χ4v) is 2.71. The Morgan fingerprint density at radius 1 is 0.370 bits per heavy atom. The van der Waals surface area contributed by atoms with Crippen LogP contribution in [0, 0.1) is 0 Å². The molecule has 0 saturated heterocycles. The standard InChI is InChI=1S/2C6H2F12O3S.2Na/c2*7-1(3(10,11)12)2(8,9)4(13,14)5(15,16)6(17,18)22(19,20)21;;/h2*1H,(H,19,20,21);;/q;;2*+1/p-2. The van der Waals surface area contributed by atoms with E-state index in [0.717, 1.165) is 0 Å². The normalized spacial score (nSPS) is 16.7. The molecule has 0 spiro atoms. The van der Waals surface area contributed by atoms with Gasteiger partial charge in [0.15, 0.2) is 20.2 Å². The van der Waals surface area contributed by atoms with E-state index in [2.05, 4.69) is 0 Å². The van der Waals surface area contributed by atoms with Gasteiger partial charge < -0.3 is 9.11 Å². The smallest absolute Gasteiger partial charge is 0.743 e. The first-order valence-electron chi connectivity index (χ1n) is 8.66. The van der Waals surface area contributed by atoms with Crippen molar-refractivity contribution in [2.45, 2.75) is 70.7 Å². The van der Waals surface area contributed by atoms with Crippen molar-refractivity contribution in [1.82, 2.24) is 0 Å². The average molecular weight is 808 g/mol. The molecule has 0 rings (SSSR count). The molecular formula is C12H2F24Na2O6S2. The molecule has 0 aliphatic rings. The number of rotatable bonds is 10. The molecule has 34 heteroatoms. The SMILES string of the molecule is O=S(=O)([O-])C(F)(F)C(F)(F)C(F)(F)C(F)(F)C(F)C(F)(F)F.O=S(=O)([O-])C(F)(F)C(F)(F)C(F)(F)C(F)(F)C(F)C(F)(F)F.[Na+].[Na+]. The Hall–Kier alpha value is 0.140. The summed E-state index contributed by atoms with van der Waals surface area (Å²) in [6.45, 7) is 0. The largest absolute Gasteiger partial charge is 1.00 e. The van der Waals surface area contributed by atoms with E-state index in [0.29, 0.717) is 0 Å². The van der Waals surface area contributed by atoms with E-state index < -0.39 is 91.0 Å². The molecule has 0 heterocycles. The molecule has 0 aromatic heterocycles. The second kappa shape index (κ2) is 14.4. The summed E-state index contributed by atoms with van der Waals surface area (Å²) in [4.78, 5) is 0. The van der Waals surface area contributed by atoms with Crippen LogP contribution < -0.4 is 59.1 Å². The van der Waals surface area contributed by atoms with Crippen LogP contribution in [0.4, 0.5) is 105 Å². The number of hydrogen-bond donors (Lipinski definition) is 0. The van der Waals surface area contributed by atoms with E-state index in [4.69, 9.17) is 0 Å². The average Bonchev–Trinajstić information content (AvgIpc) is 2.74. The number of hydrogen-bond acceptors (Lipinski definition) is 6. The Morgan fingerprint density at radius 3 is 0.630 bits per heavy atom. The molecule has 0 bridgehead atoms. The molecule has 0 radical (unpaired) electrons. The van der Waals surface area contributed by atoms with Crippen LogP contribution in [0.5, 0.6) is 0 Å².